The first-order chi connectivity index (χ1) is 10.1. The van der Waals surface area contributed by atoms with Crippen molar-refractivity contribution in [3.05, 3.63) is 11.4 Å². The SMILES string of the molecule is Cc1[nH]nc(CO)c1S(=O)(=O)N1CCCC1C1CCCC1. The lowest BCUT2D eigenvalue weighted by Gasteiger charge is -2.28. The van der Waals surface area contributed by atoms with Gasteiger partial charge in [0.05, 0.1) is 12.3 Å². The molecule has 0 amide bonds. The third-order valence-corrected chi connectivity index (χ3v) is 7.00. The first kappa shape index (κ1) is 15.0. The second-order valence-corrected chi connectivity index (χ2v) is 7.98. The standard InChI is InChI=1S/C14H23N3O3S/c1-10-14(12(9-18)16-15-10)21(19,20)17-8-4-7-13(17)11-5-2-3-6-11/h11,13,18H,2-9H2,1H3,(H,15,16). The third kappa shape index (κ3) is 2.51. The van der Waals surface area contributed by atoms with E-state index in [1.807, 2.05) is 0 Å². The van der Waals surface area contributed by atoms with Crippen LogP contribution in [0.4, 0.5) is 0 Å². The Morgan fingerprint density at radius 1 is 1.29 bits per heavy atom. The molecule has 21 heavy (non-hydrogen) atoms. The Hall–Kier alpha value is -0.920. The van der Waals surface area contributed by atoms with Crippen LogP contribution in [-0.4, -0.2) is 40.6 Å². The van der Waals surface area contributed by atoms with Crippen LogP contribution in [0.25, 0.3) is 0 Å². The summed E-state index contributed by atoms with van der Waals surface area (Å²) in [5.41, 5.74) is 0.737. The number of aromatic amines is 1. The molecule has 1 aromatic rings. The number of nitrogens with zero attached hydrogens (tertiary/aromatic N) is 2. The summed E-state index contributed by atoms with van der Waals surface area (Å²) in [6, 6.07) is 0.123. The van der Waals surface area contributed by atoms with E-state index in [0.717, 1.165) is 25.7 Å². The number of aryl methyl sites for hydroxylation is 1. The molecule has 3 rings (SSSR count). The van der Waals surface area contributed by atoms with Crippen LogP contribution in [0.2, 0.25) is 0 Å². The molecule has 7 heteroatoms. The number of rotatable bonds is 4. The highest BCUT2D eigenvalue weighted by molar-refractivity contribution is 7.89. The number of sulfonamides is 1. The monoisotopic (exact) mass is 313 g/mol. The lowest BCUT2D eigenvalue weighted by molar-refractivity contribution is 0.270. The molecule has 2 N–H and O–H groups in total. The van der Waals surface area contributed by atoms with Crippen LogP contribution < -0.4 is 0 Å². The second-order valence-electron chi connectivity index (χ2n) is 6.15. The molecule has 1 aromatic heterocycles. The van der Waals surface area contributed by atoms with Crippen molar-refractivity contribution in [3.8, 4) is 0 Å². The Balaban J connectivity index is 1.95. The molecule has 0 aromatic carbocycles. The number of aliphatic hydroxyl groups excluding tert-OH is 1. The van der Waals surface area contributed by atoms with E-state index in [-0.39, 0.29) is 23.2 Å². The Morgan fingerprint density at radius 2 is 2.00 bits per heavy atom. The molecule has 2 fully saturated rings. The van der Waals surface area contributed by atoms with Gasteiger partial charge in [-0.3, -0.25) is 5.10 Å². The van der Waals surface area contributed by atoms with Gasteiger partial charge in [0.2, 0.25) is 10.0 Å². The summed E-state index contributed by atoms with van der Waals surface area (Å²) in [6.45, 7) is 1.92. The molecule has 1 unspecified atom stereocenters. The van der Waals surface area contributed by atoms with Crippen molar-refractivity contribution >= 4 is 10.0 Å². The Bertz CT molecular complexity index is 605. The van der Waals surface area contributed by atoms with Crippen molar-refractivity contribution in [2.45, 2.75) is 63.0 Å². The minimum Gasteiger partial charge on any atom is -0.390 e. The van der Waals surface area contributed by atoms with E-state index in [0.29, 0.717) is 18.2 Å². The number of hydrogen-bond donors (Lipinski definition) is 2. The lowest BCUT2D eigenvalue weighted by atomic mass is 9.97. The van der Waals surface area contributed by atoms with Crippen LogP contribution in [-0.2, 0) is 16.6 Å². The molecular weight excluding hydrogens is 290 g/mol. The number of H-pyrrole nitrogens is 1. The first-order valence-electron chi connectivity index (χ1n) is 7.72. The normalized spacial score (nSPS) is 25.0. The van der Waals surface area contributed by atoms with E-state index in [1.165, 1.54) is 12.8 Å². The maximum absolute atomic E-state index is 13.0. The predicted molar refractivity (Wildman–Crippen MR) is 78.1 cm³/mol. The van der Waals surface area contributed by atoms with Crippen LogP contribution in [0.15, 0.2) is 4.90 Å². The maximum atomic E-state index is 13.0. The first-order valence-corrected chi connectivity index (χ1v) is 9.16. The highest BCUT2D eigenvalue weighted by Gasteiger charge is 2.42. The predicted octanol–water partition coefficient (Wildman–Crippen LogP) is 1.55. The summed E-state index contributed by atoms with van der Waals surface area (Å²) in [4.78, 5) is 0.176. The summed E-state index contributed by atoms with van der Waals surface area (Å²) in [7, 11) is -3.58. The van der Waals surface area contributed by atoms with Crippen LogP contribution in [0.3, 0.4) is 0 Å². The van der Waals surface area contributed by atoms with Crippen molar-refractivity contribution in [3.63, 3.8) is 0 Å². The largest absolute Gasteiger partial charge is 0.390 e. The molecule has 6 nitrogen and oxygen atoms in total. The molecule has 1 aliphatic carbocycles. The van der Waals surface area contributed by atoms with E-state index in [9.17, 15) is 13.5 Å². The highest BCUT2D eigenvalue weighted by atomic mass is 32.2. The van der Waals surface area contributed by atoms with Crippen LogP contribution in [0.1, 0.15) is 49.9 Å². The van der Waals surface area contributed by atoms with Gasteiger partial charge < -0.3 is 5.11 Å². The highest BCUT2D eigenvalue weighted by Crippen LogP contribution is 2.38. The van der Waals surface area contributed by atoms with Crippen LogP contribution in [0.5, 0.6) is 0 Å². The van der Waals surface area contributed by atoms with Gasteiger partial charge >= 0.3 is 0 Å². The Kier molecular flexibility index (Phi) is 4.07. The van der Waals surface area contributed by atoms with Gasteiger partial charge in [0, 0.05) is 12.6 Å². The molecule has 0 radical (unpaired) electrons. The van der Waals surface area contributed by atoms with Crippen molar-refractivity contribution in [1.82, 2.24) is 14.5 Å². The quantitative estimate of drug-likeness (QED) is 0.883. The van der Waals surface area contributed by atoms with Crippen molar-refractivity contribution < 1.29 is 13.5 Å². The average molecular weight is 313 g/mol. The van der Waals surface area contributed by atoms with E-state index < -0.39 is 10.0 Å². The van der Waals surface area contributed by atoms with Gasteiger partial charge in [-0.1, -0.05) is 12.8 Å². The molecule has 0 bridgehead atoms. The van der Waals surface area contributed by atoms with E-state index in [4.69, 9.17) is 0 Å². The minimum absolute atomic E-state index is 0.123. The molecular formula is C14H23N3O3S. The number of aliphatic hydroxyl groups is 1. The van der Waals surface area contributed by atoms with Gasteiger partial charge in [-0.15, -0.1) is 0 Å². The number of hydrogen-bond acceptors (Lipinski definition) is 4. The molecule has 1 saturated heterocycles. The molecule has 2 aliphatic rings. The fourth-order valence-corrected chi connectivity index (χ4v) is 5.99. The fourth-order valence-electron chi connectivity index (χ4n) is 3.91. The molecule has 2 heterocycles. The van der Waals surface area contributed by atoms with Crippen molar-refractivity contribution in [1.29, 1.82) is 0 Å². The minimum atomic E-state index is -3.58. The summed E-state index contributed by atoms with van der Waals surface area (Å²) in [5.74, 6) is 0.493. The fraction of sp³-hybridized carbons (Fsp3) is 0.786. The summed E-state index contributed by atoms with van der Waals surface area (Å²) in [6.07, 6.45) is 6.56. The lowest BCUT2D eigenvalue weighted by Crippen LogP contribution is -2.39. The van der Waals surface area contributed by atoms with E-state index >= 15 is 0 Å². The topological polar surface area (TPSA) is 86.3 Å². The van der Waals surface area contributed by atoms with Gasteiger partial charge in [0.15, 0.2) is 0 Å². The Labute approximate surface area is 125 Å². The molecule has 1 saturated carbocycles. The molecule has 0 spiro atoms. The molecule has 118 valence electrons. The van der Waals surface area contributed by atoms with Gasteiger partial charge in [-0.25, -0.2) is 8.42 Å². The van der Waals surface area contributed by atoms with Gasteiger partial charge in [0.1, 0.15) is 10.6 Å². The summed E-state index contributed by atoms with van der Waals surface area (Å²) < 4.78 is 27.7. The van der Waals surface area contributed by atoms with Gasteiger partial charge in [0.25, 0.3) is 0 Å². The number of aromatic nitrogens is 2. The van der Waals surface area contributed by atoms with Crippen molar-refractivity contribution in [2.75, 3.05) is 6.54 Å². The van der Waals surface area contributed by atoms with Gasteiger partial charge in [-0.05, 0) is 38.5 Å². The smallest absolute Gasteiger partial charge is 0.247 e. The van der Waals surface area contributed by atoms with Crippen molar-refractivity contribution in [2.24, 2.45) is 5.92 Å². The van der Waals surface area contributed by atoms with Crippen LogP contribution in [0, 0.1) is 12.8 Å². The average Bonchev–Trinajstić information content (AvgIpc) is 3.18. The number of nitrogens with one attached hydrogen (secondary N) is 1. The van der Waals surface area contributed by atoms with Gasteiger partial charge in [-0.2, -0.15) is 9.40 Å². The molecule has 1 aliphatic heterocycles. The van der Waals surface area contributed by atoms with E-state index in [2.05, 4.69) is 10.2 Å². The summed E-state index contributed by atoms with van der Waals surface area (Å²) in [5, 5.41) is 15.9. The Morgan fingerprint density at radius 3 is 2.67 bits per heavy atom. The zero-order valence-electron chi connectivity index (χ0n) is 12.4. The second kappa shape index (κ2) is 5.70. The zero-order chi connectivity index (χ0) is 15.0. The van der Waals surface area contributed by atoms with Crippen LogP contribution >= 0.6 is 0 Å². The van der Waals surface area contributed by atoms with E-state index in [1.54, 1.807) is 11.2 Å². The zero-order valence-corrected chi connectivity index (χ0v) is 13.2. The summed E-state index contributed by atoms with van der Waals surface area (Å²) >= 11 is 0. The maximum Gasteiger partial charge on any atom is 0.247 e. The molecule has 1 atom stereocenters. The third-order valence-electron chi connectivity index (χ3n) is 4.87.